The minimum absolute atomic E-state index is 0.597. The number of hydrogen-bond donors (Lipinski definition) is 1. The quantitative estimate of drug-likeness (QED) is 0.911. The second-order valence-corrected chi connectivity index (χ2v) is 4.67. The average Bonchev–Trinajstić information content (AvgIpc) is 2.93. The van der Waals surface area contributed by atoms with Crippen molar-refractivity contribution in [1.82, 2.24) is 5.32 Å². The van der Waals surface area contributed by atoms with Crippen LogP contribution in [0.25, 0.3) is 0 Å². The molecular weight excluding hydrogens is 238 g/mol. The van der Waals surface area contributed by atoms with Gasteiger partial charge in [-0.15, -0.1) is 0 Å². The van der Waals surface area contributed by atoms with Crippen LogP contribution < -0.4 is 14.8 Å². The first-order valence-corrected chi connectivity index (χ1v) is 6.43. The molecule has 2 aromatic carbocycles. The number of methoxy groups -OCH3 is 1. The van der Waals surface area contributed by atoms with Crippen LogP contribution in [-0.2, 0) is 19.7 Å². The fourth-order valence-corrected chi connectivity index (χ4v) is 2.28. The van der Waals surface area contributed by atoms with E-state index in [2.05, 4.69) is 23.5 Å². The molecule has 3 heteroatoms. The summed E-state index contributed by atoms with van der Waals surface area (Å²) in [6.07, 6.45) is 0. The first kappa shape index (κ1) is 12.1. The van der Waals surface area contributed by atoms with E-state index < -0.39 is 0 Å². The van der Waals surface area contributed by atoms with Crippen molar-refractivity contribution in [2.75, 3.05) is 7.11 Å². The minimum atomic E-state index is 0.597. The molecule has 0 spiro atoms. The number of rotatable bonds is 4. The summed E-state index contributed by atoms with van der Waals surface area (Å²) in [5.74, 6) is 1.70. The van der Waals surface area contributed by atoms with E-state index in [9.17, 15) is 0 Å². The van der Waals surface area contributed by atoms with Gasteiger partial charge in [0.15, 0.2) is 0 Å². The van der Waals surface area contributed by atoms with Gasteiger partial charge in [0.1, 0.15) is 18.1 Å². The van der Waals surface area contributed by atoms with Crippen LogP contribution in [0.5, 0.6) is 11.5 Å². The number of fused-ring (bicyclic) bond motifs is 1. The molecule has 98 valence electrons. The van der Waals surface area contributed by atoms with Gasteiger partial charge in [0.25, 0.3) is 0 Å². The van der Waals surface area contributed by atoms with E-state index in [0.717, 1.165) is 24.6 Å². The van der Waals surface area contributed by atoms with Crippen molar-refractivity contribution in [3.8, 4) is 11.5 Å². The molecule has 0 atom stereocenters. The fraction of sp³-hybridized carbons (Fsp3) is 0.250. The minimum Gasteiger partial charge on any atom is -0.497 e. The van der Waals surface area contributed by atoms with Gasteiger partial charge in [-0.05, 0) is 41.0 Å². The van der Waals surface area contributed by atoms with Crippen LogP contribution in [0.3, 0.4) is 0 Å². The van der Waals surface area contributed by atoms with Gasteiger partial charge < -0.3 is 14.8 Å². The van der Waals surface area contributed by atoms with Gasteiger partial charge in [0, 0.05) is 13.1 Å². The molecule has 1 heterocycles. The predicted octanol–water partition coefficient (Wildman–Crippen LogP) is 2.88. The zero-order chi connectivity index (χ0) is 13.1. The fourth-order valence-electron chi connectivity index (χ4n) is 2.28. The molecular formula is C16H17NO2. The van der Waals surface area contributed by atoms with Gasteiger partial charge in [-0.1, -0.05) is 18.2 Å². The molecule has 0 bridgehead atoms. The van der Waals surface area contributed by atoms with E-state index in [1.807, 2.05) is 24.3 Å². The van der Waals surface area contributed by atoms with Crippen molar-refractivity contribution < 1.29 is 9.47 Å². The lowest BCUT2D eigenvalue weighted by Crippen LogP contribution is -2.00. The lowest BCUT2D eigenvalue weighted by molar-refractivity contribution is 0.305. The van der Waals surface area contributed by atoms with Crippen LogP contribution in [0.2, 0.25) is 0 Å². The molecule has 3 nitrogen and oxygen atoms in total. The van der Waals surface area contributed by atoms with Crippen LogP contribution in [0.1, 0.15) is 16.7 Å². The zero-order valence-corrected chi connectivity index (χ0v) is 11.0. The number of ether oxygens (including phenoxy) is 2. The van der Waals surface area contributed by atoms with Crippen LogP contribution in [-0.4, -0.2) is 7.11 Å². The van der Waals surface area contributed by atoms with Crippen LogP contribution in [0, 0.1) is 0 Å². The third-order valence-electron chi connectivity index (χ3n) is 3.37. The summed E-state index contributed by atoms with van der Waals surface area (Å²) in [4.78, 5) is 0. The third kappa shape index (κ3) is 2.71. The monoisotopic (exact) mass is 255 g/mol. The lowest BCUT2D eigenvalue weighted by atomic mass is 10.1. The highest BCUT2D eigenvalue weighted by Crippen LogP contribution is 2.20. The Bertz CT molecular complexity index is 563. The molecule has 2 aromatic rings. The van der Waals surface area contributed by atoms with E-state index in [4.69, 9.17) is 9.47 Å². The Morgan fingerprint density at radius 2 is 1.68 bits per heavy atom. The Hall–Kier alpha value is -2.00. The molecule has 1 aliphatic rings. The second kappa shape index (κ2) is 5.33. The maximum absolute atomic E-state index is 5.78. The average molecular weight is 255 g/mol. The molecule has 0 saturated heterocycles. The topological polar surface area (TPSA) is 30.5 Å². The van der Waals surface area contributed by atoms with Gasteiger partial charge in [-0.25, -0.2) is 0 Å². The second-order valence-electron chi connectivity index (χ2n) is 4.67. The first-order valence-electron chi connectivity index (χ1n) is 6.43. The molecule has 0 aromatic heterocycles. The van der Waals surface area contributed by atoms with Crippen LogP contribution in [0.15, 0.2) is 42.5 Å². The van der Waals surface area contributed by atoms with E-state index in [1.54, 1.807) is 7.11 Å². The smallest absolute Gasteiger partial charge is 0.120 e. The van der Waals surface area contributed by atoms with E-state index in [0.29, 0.717) is 6.61 Å². The highest BCUT2D eigenvalue weighted by atomic mass is 16.5. The molecule has 19 heavy (non-hydrogen) atoms. The molecule has 0 aliphatic carbocycles. The van der Waals surface area contributed by atoms with Crippen LogP contribution >= 0.6 is 0 Å². The molecule has 0 unspecified atom stereocenters. The van der Waals surface area contributed by atoms with Crippen molar-refractivity contribution in [1.29, 1.82) is 0 Å². The van der Waals surface area contributed by atoms with Crippen molar-refractivity contribution in [2.45, 2.75) is 19.7 Å². The first-order chi connectivity index (χ1) is 9.35. The molecule has 0 fully saturated rings. The molecule has 3 rings (SSSR count). The highest BCUT2D eigenvalue weighted by molar-refractivity contribution is 5.35. The van der Waals surface area contributed by atoms with E-state index in [-0.39, 0.29) is 0 Å². The summed E-state index contributed by atoms with van der Waals surface area (Å²) >= 11 is 0. The summed E-state index contributed by atoms with van der Waals surface area (Å²) in [5, 5.41) is 3.35. The normalized spacial score (nSPS) is 13.1. The molecule has 0 radical (unpaired) electrons. The van der Waals surface area contributed by atoms with Gasteiger partial charge >= 0.3 is 0 Å². The van der Waals surface area contributed by atoms with Crippen LogP contribution in [0.4, 0.5) is 0 Å². The summed E-state index contributed by atoms with van der Waals surface area (Å²) in [7, 11) is 1.66. The Morgan fingerprint density at radius 1 is 0.947 bits per heavy atom. The van der Waals surface area contributed by atoms with Gasteiger partial charge in [-0.2, -0.15) is 0 Å². The number of hydrogen-bond acceptors (Lipinski definition) is 3. The van der Waals surface area contributed by atoms with Crippen molar-refractivity contribution in [3.63, 3.8) is 0 Å². The maximum Gasteiger partial charge on any atom is 0.120 e. The summed E-state index contributed by atoms with van der Waals surface area (Å²) in [6, 6.07) is 14.2. The molecule has 0 amide bonds. The Labute approximate surface area is 113 Å². The van der Waals surface area contributed by atoms with Gasteiger partial charge in [0.05, 0.1) is 7.11 Å². The molecule has 1 aliphatic heterocycles. The lowest BCUT2D eigenvalue weighted by Gasteiger charge is -2.08. The zero-order valence-electron chi connectivity index (χ0n) is 11.0. The highest BCUT2D eigenvalue weighted by Gasteiger charge is 2.10. The van der Waals surface area contributed by atoms with Crippen molar-refractivity contribution in [2.24, 2.45) is 0 Å². The summed E-state index contributed by atoms with van der Waals surface area (Å²) in [6.45, 7) is 2.54. The Morgan fingerprint density at radius 3 is 2.47 bits per heavy atom. The standard InChI is InChI=1S/C16H17NO2/c1-18-15-4-6-16(7-5-15)19-11-12-2-3-13-9-17-10-14(13)8-12/h2-8,17H,9-11H2,1H3. The van der Waals surface area contributed by atoms with Gasteiger partial charge in [0.2, 0.25) is 0 Å². The summed E-state index contributed by atoms with van der Waals surface area (Å²) in [5.41, 5.74) is 3.99. The largest absolute Gasteiger partial charge is 0.497 e. The Kier molecular flexibility index (Phi) is 3.38. The molecule has 0 saturated carbocycles. The Balaban J connectivity index is 1.65. The third-order valence-corrected chi connectivity index (χ3v) is 3.37. The van der Waals surface area contributed by atoms with Crippen molar-refractivity contribution >= 4 is 0 Å². The summed E-state index contributed by atoms with van der Waals surface area (Å²) < 4.78 is 10.9. The predicted molar refractivity (Wildman–Crippen MR) is 74.3 cm³/mol. The van der Waals surface area contributed by atoms with E-state index >= 15 is 0 Å². The number of nitrogens with one attached hydrogen (secondary N) is 1. The van der Waals surface area contributed by atoms with Crippen molar-refractivity contribution in [3.05, 3.63) is 59.2 Å². The molecule has 1 N–H and O–H groups in total. The SMILES string of the molecule is COc1ccc(OCc2ccc3c(c2)CNC3)cc1. The van der Waals surface area contributed by atoms with E-state index in [1.165, 1.54) is 16.7 Å². The maximum atomic E-state index is 5.78. The van der Waals surface area contributed by atoms with Gasteiger partial charge in [-0.3, -0.25) is 0 Å². The number of benzene rings is 2.